The summed E-state index contributed by atoms with van der Waals surface area (Å²) in [7, 11) is 3.61. The van der Waals surface area contributed by atoms with Gasteiger partial charge < -0.3 is 14.8 Å². The zero-order chi connectivity index (χ0) is 16.4. The topological polar surface area (TPSA) is 48.3 Å². The fraction of sp³-hybridized carbons (Fsp3) is 0.471. The minimum absolute atomic E-state index is 0.189. The molecule has 22 heavy (non-hydrogen) atoms. The third-order valence-electron chi connectivity index (χ3n) is 3.28. The first-order chi connectivity index (χ1) is 10.6. The molecule has 5 heteroatoms. The van der Waals surface area contributed by atoms with Gasteiger partial charge in [0.05, 0.1) is 11.8 Å². The number of hydrogen-bond donors (Lipinski definition) is 1. The summed E-state index contributed by atoms with van der Waals surface area (Å²) in [5.74, 6) is 0.755. The van der Waals surface area contributed by atoms with E-state index in [1.54, 1.807) is 19.3 Å². The van der Waals surface area contributed by atoms with Crippen molar-refractivity contribution in [1.82, 2.24) is 15.1 Å². The van der Waals surface area contributed by atoms with Crippen LogP contribution in [0.3, 0.4) is 0 Å². The molecule has 1 heterocycles. The van der Waals surface area contributed by atoms with Gasteiger partial charge in [-0.3, -0.25) is 0 Å². The molecule has 0 bridgehead atoms. The first kappa shape index (κ1) is 18.2. The van der Waals surface area contributed by atoms with E-state index in [4.69, 9.17) is 9.47 Å². The summed E-state index contributed by atoms with van der Waals surface area (Å²) in [6, 6.07) is 1.96. The molecule has 1 aromatic rings. The molecule has 0 aliphatic rings. The minimum atomic E-state index is 0.189. The fourth-order valence-corrected chi connectivity index (χ4v) is 1.90. The Bertz CT molecular complexity index is 506. The van der Waals surface area contributed by atoms with Crippen LogP contribution in [0.5, 0.6) is 5.88 Å². The van der Waals surface area contributed by atoms with Gasteiger partial charge in [0.25, 0.3) is 0 Å². The molecule has 0 saturated heterocycles. The van der Waals surface area contributed by atoms with Crippen molar-refractivity contribution in [3.63, 3.8) is 0 Å². The number of hydrogen-bond acceptors (Lipinski definition) is 4. The normalized spacial score (nSPS) is 13.0. The van der Waals surface area contributed by atoms with Crippen molar-refractivity contribution in [3.8, 4) is 5.88 Å². The summed E-state index contributed by atoms with van der Waals surface area (Å²) >= 11 is 0. The summed E-state index contributed by atoms with van der Waals surface area (Å²) in [6.45, 7) is 11.4. The van der Waals surface area contributed by atoms with E-state index in [1.807, 2.05) is 30.8 Å². The third-order valence-corrected chi connectivity index (χ3v) is 3.28. The molecule has 0 radical (unpaired) electrons. The summed E-state index contributed by atoms with van der Waals surface area (Å²) in [4.78, 5) is 0. The number of aryl methyl sites for hydroxylation is 1. The Balaban J connectivity index is 2.78. The quantitative estimate of drug-likeness (QED) is 0.639. The Kier molecular flexibility index (Phi) is 8.25. The second-order valence-corrected chi connectivity index (χ2v) is 5.03. The monoisotopic (exact) mass is 305 g/mol. The number of rotatable bonds is 11. The van der Waals surface area contributed by atoms with Crippen LogP contribution in [-0.2, 0) is 17.8 Å². The Morgan fingerprint density at radius 3 is 2.86 bits per heavy atom. The number of nitrogens with zero attached hydrogens (tertiary/aromatic N) is 2. The highest BCUT2D eigenvalue weighted by Gasteiger charge is 2.10. The highest BCUT2D eigenvalue weighted by atomic mass is 16.5. The van der Waals surface area contributed by atoms with Crippen molar-refractivity contribution in [2.75, 3.05) is 20.8 Å². The van der Waals surface area contributed by atoms with Crippen molar-refractivity contribution in [2.45, 2.75) is 32.5 Å². The van der Waals surface area contributed by atoms with E-state index in [-0.39, 0.29) is 6.10 Å². The van der Waals surface area contributed by atoms with E-state index < -0.39 is 0 Å². The van der Waals surface area contributed by atoms with E-state index in [2.05, 4.69) is 23.6 Å². The van der Waals surface area contributed by atoms with Crippen molar-refractivity contribution >= 4 is 0 Å². The van der Waals surface area contributed by atoms with Crippen LogP contribution in [-0.4, -0.2) is 36.6 Å². The lowest BCUT2D eigenvalue weighted by molar-refractivity contribution is 0.105. The summed E-state index contributed by atoms with van der Waals surface area (Å²) in [5, 5.41) is 7.66. The molecule has 0 aliphatic heterocycles. The first-order valence-electron chi connectivity index (χ1n) is 7.45. The Labute approximate surface area is 133 Å². The fourth-order valence-electron chi connectivity index (χ4n) is 1.90. The van der Waals surface area contributed by atoms with E-state index in [9.17, 15) is 0 Å². The lowest BCUT2D eigenvalue weighted by atomic mass is 10.2. The largest absolute Gasteiger partial charge is 0.473 e. The van der Waals surface area contributed by atoms with Gasteiger partial charge >= 0.3 is 0 Å². The van der Waals surface area contributed by atoms with Crippen LogP contribution >= 0.6 is 0 Å². The number of methoxy groups -OCH3 is 1. The first-order valence-corrected chi connectivity index (χ1v) is 7.45. The smallest absolute Gasteiger partial charge is 0.212 e. The lowest BCUT2D eigenvalue weighted by Crippen LogP contribution is -2.13. The van der Waals surface area contributed by atoms with E-state index in [0.717, 1.165) is 30.1 Å². The zero-order valence-corrected chi connectivity index (χ0v) is 13.8. The van der Waals surface area contributed by atoms with Crippen molar-refractivity contribution < 1.29 is 9.47 Å². The van der Waals surface area contributed by atoms with Crippen LogP contribution in [0, 0.1) is 0 Å². The standard InChI is InChI=1S/C17H27N3O2/c1-6-8-15(7-2)13-22-17-11-16(12-18-4)19-20(17)10-9-14(3)21-5/h6-8,11,14,18H,1-2,9-10,12-13H2,3-5H3/b15-8+. The highest BCUT2D eigenvalue weighted by molar-refractivity contribution is 5.23. The summed E-state index contributed by atoms with van der Waals surface area (Å²) in [5.41, 5.74) is 1.93. The summed E-state index contributed by atoms with van der Waals surface area (Å²) < 4.78 is 13.1. The van der Waals surface area contributed by atoms with Crippen molar-refractivity contribution in [3.05, 3.63) is 48.7 Å². The van der Waals surface area contributed by atoms with Crippen LogP contribution in [0.4, 0.5) is 0 Å². The maximum atomic E-state index is 5.88. The lowest BCUT2D eigenvalue weighted by Gasteiger charge is -2.12. The van der Waals surface area contributed by atoms with Gasteiger partial charge in [-0.1, -0.05) is 31.4 Å². The van der Waals surface area contributed by atoms with Gasteiger partial charge in [0.15, 0.2) is 0 Å². The van der Waals surface area contributed by atoms with Gasteiger partial charge in [-0.25, -0.2) is 4.68 Å². The van der Waals surface area contributed by atoms with Gasteiger partial charge in [-0.15, -0.1) is 0 Å². The predicted molar refractivity (Wildman–Crippen MR) is 90.1 cm³/mol. The van der Waals surface area contributed by atoms with Crippen molar-refractivity contribution in [2.24, 2.45) is 0 Å². The molecule has 0 amide bonds. The Hall–Kier alpha value is -1.85. The molecule has 1 N–H and O–H groups in total. The molecule has 0 fully saturated rings. The molecule has 122 valence electrons. The van der Waals surface area contributed by atoms with Crippen molar-refractivity contribution in [1.29, 1.82) is 0 Å². The average Bonchev–Trinajstić information content (AvgIpc) is 2.91. The molecule has 1 unspecified atom stereocenters. The minimum Gasteiger partial charge on any atom is -0.473 e. The van der Waals surface area contributed by atoms with Gasteiger partial charge in [0.2, 0.25) is 5.88 Å². The average molecular weight is 305 g/mol. The molecular formula is C17H27N3O2. The Morgan fingerprint density at radius 1 is 1.50 bits per heavy atom. The summed E-state index contributed by atoms with van der Waals surface area (Å²) in [6.07, 6.45) is 6.45. The molecule has 0 saturated carbocycles. The van der Waals surface area contributed by atoms with Gasteiger partial charge in [0, 0.05) is 26.3 Å². The molecule has 1 rings (SSSR count). The van der Waals surface area contributed by atoms with Crippen LogP contribution in [0.1, 0.15) is 19.0 Å². The van der Waals surface area contributed by atoms with Crippen LogP contribution < -0.4 is 10.1 Å². The molecule has 1 atom stereocenters. The molecule has 5 nitrogen and oxygen atoms in total. The highest BCUT2D eigenvalue weighted by Crippen LogP contribution is 2.16. The Morgan fingerprint density at radius 2 is 2.27 bits per heavy atom. The number of aromatic nitrogens is 2. The van der Waals surface area contributed by atoms with Crippen LogP contribution in [0.15, 0.2) is 43.0 Å². The van der Waals surface area contributed by atoms with Gasteiger partial charge in [-0.2, -0.15) is 5.10 Å². The molecule has 0 spiro atoms. The zero-order valence-electron chi connectivity index (χ0n) is 13.8. The number of nitrogens with one attached hydrogen (secondary N) is 1. The SMILES string of the molecule is C=C/C=C(\C=C)COc1cc(CNC)nn1CCC(C)OC. The molecule has 0 aliphatic carbocycles. The van der Waals surface area contributed by atoms with E-state index in [0.29, 0.717) is 13.2 Å². The van der Waals surface area contributed by atoms with Gasteiger partial charge in [0.1, 0.15) is 6.61 Å². The van der Waals surface area contributed by atoms with Crippen LogP contribution in [0.2, 0.25) is 0 Å². The second kappa shape index (κ2) is 9.97. The molecular weight excluding hydrogens is 278 g/mol. The van der Waals surface area contributed by atoms with Crippen LogP contribution in [0.25, 0.3) is 0 Å². The van der Waals surface area contributed by atoms with Gasteiger partial charge in [-0.05, 0) is 26.0 Å². The number of allylic oxidation sites excluding steroid dienone is 2. The molecule has 0 aromatic carbocycles. The third kappa shape index (κ3) is 5.87. The number of ether oxygens (including phenoxy) is 2. The predicted octanol–water partition coefficient (Wildman–Crippen LogP) is 2.70. The maximum Gasteiger partial charge on any atom is 0.212 e. The maximum absolute atomic E-state index is 5.88. The van der Waals surface area contributed by atoms with E-state index >= 15 is 0 Å². The molecule has 1 aromatic heterocycles. The second-order valence-electron chi connectivity index (χ2n) is 5.03. The van der Waals surface area contributed by atoms with E-state index in [1.165, 1.54) is 0 Å².